The highest BCUT2D eigenvalue weighted by Gasteiger charge is 2.24. The number of nitrogens with zero attached hydrogens (tertiary/aromatic N) is 1. The van der Waals surface area contributed by atoms with Gasteiger partial charge in [0.05, 0.1) is 10.0 Å². The van der Waals surface area contributed by atoms with Gasteiger partial charge in [-0.1, -0.05) is 35.3 Å². The van der Waals surface area contributed by atoms with Gasteiger partial charge >= 0.3 is 0 Å². The van der Waals surface area contributed by atoms with E-state index in [-0.39, 0.29) is 11.4 Å². The first-order chi connectivity index (χ1) is 9.84. The highest BCUT2D eigenvalue weighted by atomic mass is 35.5. The normalized spacial score (nSPS) is 11.8. The topological polar surface area (TPSA) is 70.2 Å². The van der Waals surface area contributed by atoms with E-state index in [0.717, 1.165) is 16.6 Å². The number of H-pyrrole nitrogens is 1. The van der Waals surface area contributed by atoms with E-state index in [4.69, 9.17) is 23.2 Å². The van der Waals surface area contributed by atoms with E-state index in [1.54, 1.807) is 18.2 Å². The van der Waals surface area contributed by atoms with Crippen molar-refractivity contribution in [2.45, 2.75) is 11.4 Å². The average Bonchev–Trinajstić information content (AvgIpc) is 2.44. The van der Waals surface area contributed by atoms with E-state index >= 15 is 0 Å². The molecule has 0 saturated heterocycles. The first kappa shape index (κ1) is 16.0. The van der Waals surface area contributed by atoms with E-state index in [1.165, 1.54) is 13.2 Å². The number of benzene rings is 1. The highest BCUT2D eigenvalue weighted by molar-refractivity contribution is 7.89. The molecule has 0 unspecified atom stereocenters. The fourth-order valence-corrected chi connectivity index (χ4v) is 3.33. The number of pyridine rings is 1. The van der Waals surface area contributed by atoms with Crippen LogP contribution in [0.25, 0.3) is 0 Å². The third-order valence-corrected chi connectivity index (χ3v) is 5.58. The van der Waals surface area contributed by atoms with Gasteiger partial charge in [-0.05, 0) is 11.6 Å². The van der Waals surface area contributed by atoms with Crippen molar-refractivity contribution in [1.82, 2.24) is 9.29 Å². The molecular formula is C13H12Cl2N2O3S. The molecule has 0 saturated carbocycles. The maximum atomic E-state index is 12.4. The molecule has 1 N–H and O–H groups in total. The number of hydrogen-bond acceptors (Lipinski definition) is 3. The van der Waals surface area contributed by atoms with Gasteiger partial charge in [0.25, 0.3) is 0 Å². The summed E-state index contributed by atoms with van der Waals surface area (Å²) >= 11 is 11.9. The van der Waals surface area contributed by atoms with E-state index in [2.05, 4.69) is 4.98 Å². The van der Waals surface area contributed by atoms with Crippen molar-refractivity contribution in [3.8, 4) is 0 Å². The van der Waals surface area contributed by atoms with E-state index in [1.807, 2.05) is 0 Å². The Hall–Kier alpha value is -1.34. The number of rotatable bonds is 4. The lowest BCUT2D eigenvalue weighted by molar-refractivity contribution is 0.466. The van der Waals surface area contributed by atoms with Gasteiger partial charge in [-0.3, -0.25) is 4.79 Å². The Morgan fingerprint density at radius 1 is 1.24 bits per heavy atom. The van der Waals surface area contributed by atoms with Gasteiger partial charge in [0.2, 0.25) is 15.5 Å². The smallest absolute Gasteiger partial charge is 0.248 e. The van der Waals surface area contributed by atoms with E-state index < -0.39 is 15.5 Å². The van der Waals surface area contributed by atoms with Crippen LogP contribution in [0.3, 0.4) is 0 Å². The maximum absolute atomic E-state index is 12.4. The van der Waals surface area contributed by atoms with Crippen molar-refractivity contribution in [1.29, 1.82) is 0 Å². The Morgan fingerprint density at radius 2 is 1.95 bits per heavy atom. The Morgan fingerprint density at radius 3 is 2.62 bits per heavy atom. The summed E-state index contributed by atoms with van der Waals surface area (Å²) in [5.41, 5.74) is -0.0135. The predicted molar refractivity (Wildman–Crippen MR) is 82.2 cm³/mol. The average molecular weight is 347 g/mol. The van der Waals surface area contributed by atoms with Crippen LogP contribution in [0.2, 0.25) is 10.0 Å². The first-order valence-corrected chi connectivity index (χ1v) is 8.10. The summed E-state index contributed by atoms with van der Waals surface area (Å²) in [6.45, 7) is 0.00998. The van der Waals surface area contributed by atoms with Crippen LogP contribution in [0.5, 0.6) is 0 Å². The molecule has 0 bridgehead atoms. The minimum atomic E-state index is -3.91. The van der Waals surface area contributed by atoms with Gasteiger partial charge in [-0.25, -0.2) is 8.42 Å². The summed E-state index contributed by atoms with van der Waals surface area (Å²) < 4.78 is 25.8. The molecule has 21 heavy (non-hydrogen) atoms. The van der Waals surface area contributed by atoms with Crippen LogP contribution < -0.4 is 5.43 Å². The first-order valence-electron chi connectivity index (χ1n) is 5.90. The number of hydrogen-bond donors (Lipinski definition) is 1. The molecule has 2 rings (SSSR count). The molecule has 0 aliphatic carbocycles. The molecule has 1 aromatic carbocycles. The fourth-order valence-electron chi connectivity index (χ4n) is 1.77. The van der Waals surface area contributed by atoms with E-state index in [9.17, 15) is 13.2 Å². The lowest BCUT2D eigenvalue weighted by Gasteiger charge is -2.17. The van der Waals surface area contributed by atoms with Crippen LogP contribution in [0.4, 0.5) is 0 Å². The Kier molecular flexibility index (Phi) is 4.73. The number of aromatic amines is 1. The highest BCUT2D eigenvalue weighted by Crippen LogP contribution is 2.27. The lowest BCUT2D eigenvalue weighted by atomic mass is 10.2. The third-order valence-electron chi connectivity index (χ3n) is 2.90. The largest absolute Gasteiger partial charge is 0.366 e. The standard InChI is InChI=1S/C13H12Cl2N2O3S/c1-17(8-9-3-2-4-10(14)13(9)15)21(19,20)12-7-16-6-5-11(12)18/h2-7H,8H2,1H3,(H,16,18). The fraction of sp³-hybridized carbons (Fsp3) is 0.154. The molecule has 0 radical (unpaired) electrons. The van der Waals surface area contributed by atoms with Crippen molar-refractivity contribution >= 4 is 33.2 Å². The minimum absolute atomic E-state index is 0.00998. The van der Waals surface area contributed by atoms with Crippen molar-refractivity contribution in [2.75, 3.05) is 7.05 Å². The quantitative estimate of drug-likeness (QED) is 0.924. The van der Waals surface area contributed by atoms with Crippen molar-refractivity contribution in [3.63, 3.8) is 0 Å². The Balaban J connectivity index is 2.36. The summed E-state index contributed by atoms with van der Waals surface area (Å²) in [5.74, 6) is 0. The number of sulfonamides is 1. The van der Waals surface area contributed by atoms with Gasteiger partial charge in [0.15, 0.2) is 0 Å². The van der Waals surface area contributed by atoms with Gasteiger partial charge < -0.3 is 4.98 Å². The van der Waals surface area contributed by atoms with Crippen LogP contribution in [0, 0.1) is 0 Å². The van der Waals surface area contributed by atoms with Gasteiger partial charge in [0.1, 0.15) is 4.90 Å². The predicted octanol–water partition coefficient (Wildman–Crippen LogP) is 2.50. The van der Waals surface area contributed by atoms with Crippen LogP contribution in [0.15, 0.2) is 46.3 Å². The second-order valence-electron chi connectivity index (χ2n) is 4.35. The summed E-state index contributed by atoms with van der Waals surface area (Å²) in [6, 6.07) is 6.13. The SMILES string of the molecule is CN(Cc1cccc(Cl)c1Cl)S(=O)(=O)c1c[nH]ccc1=O. The molecule has 0 spiro atoms. The molecule has 5 nitrogen and oxygen atoms in total. The summed E-state index contributed by atoms with van der Waals surface area (Å²) in [6.07, 6.45) is 2.53. The minimum Gasteiger partial charge on any atom is -0.366 e. The molecule has 1 aromatic heterocycles. The Labute approximate surface area is 132 Å². The molecule has 0 atom stereocenters. The van der Waals surface area contributed by atoms with Crippen LogP contribution in [-0.4, -0.2) is 24.8 Å². The lowest BCUT2D eigenvalue weighted by Crippen LogP contribution is -2.30. The van der Waals surface area contributed by atoms with Gasteiger partial charge in [-0.15, -0.1) is 0 Å². The summed E-state index contributed by atoms with van der Waals surface area (Å²) in [5, 5.41) is 0.640. The molecule has 1 heterocycles. The second kappa shape index (κ2) is 6.19. The molecule has 112 valence electrons. The molecule has 8 heteroatoms. The third kappa shape index (κ3) is 3.29. The molecular weight excluding hydrogens is 335 g/mol. The van der Waals surface area contributed by atoms with E-state index in [0.29, 0.717) is 15.6 Å². The zero-order chi connectivity index (χ0) is 15.6. The Bertz CT molecular complexity index is 818. The van der Waals surface area contributed by atoms with Crippen LogP contribution >= 0.6 is 23.2 Å². The van der Waals surface area contributed by atoms with Gasteiger partial charge in [-0.2, -0.15) is 4.31 Å². The summed E-state index contributed by atoms with van der Waals surface area (Å²) in [4.78, 5) is 14.0. The molecule has 0 aliphatic heterocycles. The number of aromatic nitrogens is 1. The second-order valence-corrected chi connectivity index (χ2v) is 7.15. The molecule has 0 amide bonds. The number of halogens is 2. The zero-order valence-corrected chi connectivity index (χ0v) is 13.3. The molecule has 2 aromatic rings. The zero-order valence-electron chi connectivity index (χ0n) is 11.0. The van der Waals surface area contributed by atoms with Crippen LogP contribution in [0.1, 0.15) is 5.56 Å². The molecule has 0 fully saturated rings. The number of nitrogens with one attached hydrogen (secondary N) is 1. The molecule has 0 aliphatic rings. The monoisotopic (exact) mass is 346 g/mol. The maximum Gasteiger partial charge on any atom is 0.248 e. The van der Waals surface area contributed by atoms with Crippen molar-refractivity contribution in [2.24, 2.45) is 0 Å². The van der Waals surface area contributed by atoms with Gasteiger partial charge in [0, 0.05) is 32.1 Å². The summed E-state index contributed by atoms with van der Waals surface area (Å²) in [7, 11) is -2.54. The van der Waals surface area contributed by atoms with Crippen molar-refractivity contribution in [3.05, 3.63) is 62.5 Å². The van der Waals surface area contributed by atoms with Crippen LogP contribution in [-0.2, 0) is 16.6 Å². The van der Waals surface area contributed by atoms with Crippen molar-refractivity contribution < 1.29 is 8.42 Å².